The van der Waals surface area contributed by atoms with Gasteiger partial charge < -0.3 is 19.9 Å². The van der Waals surface area contributed by atoms with Crippen LogP contribution in [0.3, 0.4) is 0 Å². The van der Waals surface area contributed by atoms with Crippen LogP contribution < -0.4 is 14.8 Å². The van der Waals surface area contributed by atoms with E-state index < -0.39 is 5.91 Å². The molecule has 0 heterocycles. The van der Waals surface area contributed by atoms with Crippen LogP contribution in [-0.4, -0.2) is 24.7 Å². The number of phenols is 1. The van der Waals surface area contributed by atoms with Gasteiger partial charge in [0.25, 0.3) is 5.91 Å². The Labute approximate surface area is 165 Å². The molecule has 0 fully saturated rings. The Balaban J connectivity index is 2.31. The van der Waals surface area contributed by atoms with Crippen LogP contribution in [0, 0.1) is 14.9 Å². The van der Waals surface area contributed by atoms with Gasteiger partial charge in [-0.15, -0.1) is 0 Å². The SMILES string of the molecule is CCOc1cc(/C=C(/C#N)C(=O)Nc2ccc(O)cc2)cc(I)c1OC. The topological polar surface area (TPSA) is 91.6 Å². The van der Waals surface area contributed by atoms with Crippen LogP contribution in [-0.2, 0) is 4.79 Å². The Morgan fingerprint density at radius 2 is 2.04 bits per heavy atom. The molecule has 26 heavy (non-hydrogen) atoms. The summed E-state index contributed by atoms with van der Waals surface area (Å²) in [5.41, 5.74) is 1.07. The number of anilines is 1. The van der Waals surface area contributed by atoms with Crippen molar-refractivity contribution in [2.75, 3.05) is 19.0 Å². The third-order valence-corrected chi connectivity index (χ3v) is 4.14. The van der Waals surface area contributed by atoms with E-state index in [1.54, 1.807) is 31.4 Å². The quantitative estimate of drug-likeness (QED) is 0.293. The van der Waals surface area contributed by atoms with Gasteiger partial charge in [0.2, 0.25) is 0 Å². The maximum absolute atomic E-state index is 12.3. The van der Waals surface area contributed by atoms with Crippen molar-refractivity contribution in [3.8, 4) is 23.3 Å². The second kappa shape index (κ2) is 9.10. The number of carbonyl (C=O) groups is 1. The molecule has 0 radical (unpaired) electrons. The smallest absolute Gasteiger partial charge is 0.266 e. The average molecular weight is 464 g/mol. The number of nitrogens with one attached hydrogen (secondary N) is 1. The highest BCUT2D eigenvalue weighted by Crippen LogP contribution is 2.34. The van der Waals surface area contributed by atoms with Crippen LogP contribution in [0.25, 0.3) is 6.08 Å². The zero-order valence-electron chi connectivity index (χ0n) is 14.2. The van der Waals surface area contributed by atoms with Gasteiger partial charge in [-0.25, -0.2) is 0 Å². The van der Waals surface area contributed by atoms with E-state index in [9.17, 15) is 15.2 Å². The first-order valence-corrected chi connectivity index (χ1v) is 8.78. The zero-order valence-corrected chi connectivity index (χ0v) is 16.4. The molecule has 7 heteroatoms. The molecule has 0 unspecified atom stereocenters. The number of halogens is 1. The summed E-state index contributed by atoms with van der Waals surface area (Å²) >= 11 is 2.11. The molecule has 134 valence electrons. The van der Waals surface area contributed by atoms with Gasteiger partial charge in [-0.1, -0.05) is 0 Å². The van der Waals surface area contributed by atoms with Gasteiger partial charge in [0.1, 0.15) is 17.4 Å². The summed E-state index contributed by atoms with van der Waals surface area (Å²) < 4.78 is 11.7. The Morgan fingerprint density at radius 3 is 2.62 bits per heavy atom. The maximum Gasteiger partial charge on any atom is 0.266 e. The predicted octanol–water partition coefficient (Wildman–Crippen LogP) is 3.95. The van der Waals surface area contributed by atoms with Crippen LogP contribution in [0.15, 0.2) is 42.0 Å². The number of amides is 1. The lowest BCUT2D eigenvalue weighted by molar-refractivity contribution is -0.112. The molecule has 0 bridgehead atoms. The fourth-order valence-corrected chi connectivity index (χ4v) is 3.04. The molecular formula is C19H17IN2O4. The van der Waals surface area contributed by atoms with E-state index in [-0.39, 0.29) is 11.3 Å². The Hall–Kier alpha value is -2.73. The van der Waals surface area contributed by atoms with Crippen molar-refractivity contribution in [3.05, 3.63) is 51.1 Å². The Bertz CT molecular complexity index is 870. The summed E-state index contributed by atoms with van der Waals surface area (Å²) in [6.45, 7) is 2.33. The van der Waals surface area contributed by atoms with E-state index in [0.717, 1.165) is 3.57 Å². The standard InChI is InChI=1S/C19H17IN2O4/c1-3-26-17-10-12(9-16(20)18(17)25-2)8-13(11-21)19(24)22-14-4-6-15(23)7-5-14/h4-10,23H,3H2,1-2H3,(H,22,24)/b13-8-. The van der Waals surface area contributed by atoms with Crippen molar-refractivity contribution in [2.24, 2.45) is 0 Å². The summed E-state index contributed by atoms with van der Waals surface area (Å²) in [5.74, 6) is 0.707. The molecule has 0 aliphatic rings. The largest absolute Gasteiger partial charge is 0.508 e. The van der Waals surface area contributed by atoms with E-state index in [0.29, 0.717) is 29.4 Å². The van der Waals surface area contributed by atoms with E-state index in [1.165, 1.54) is 18.2 Å². The monoisotopic (exact) mass is 464 g/mol. The van der Waals surface area contributed by atoms with Crippen LogP contribution in [0.5, 0.6) is 17.2 Å². The number of rotatable bonds is 6. The highest BCUT2D eigenvalue weighted by Gasteiger charge is 2.13. The Morgan fingerprint density at radius 1 is 1.35 bits per heavy atom. The van der Waals surface area contributed by atoms with E-state index in [2.05, 4.69) is 27.9 Å². The molecule has 0 aliphatic heterocycles. The summed E-state index contributed by atoms with van der Waals surface area (Å²) in [6.07, 6.45) is 1.49. The molecule has 2 rings (SSSR count). The van der Waals surface area contributed by atoms with Crippen molar-refractivity contribution < 1.29 is 19.4 Å². The molecule has 1 amide bonds. The summed E-state index contributed by atoms with van der Waals surface area (Å²) in [4.78, 5) is 12.3. The fraction of sp³-hybridized carbons (Fsp3) is 0.158. The van der Waals surface area contributed by atoms with E-state index >= 15 is 0 Å². The summed E-state index contributed by atoms with van der Waals surface area (Å²) in [7, 11) is 1.56. The van der Waals surface area contributed by atoms with Gasteiger partial charge in [0.05, 0.1) is 17.3 Å². The number of benzene rings is 2. The molecule has 2 N–H and O–H groups in total. The number of phenolic OH excluding ortho intramolecular Hbond substituents is 1. The minimum Gasteiger partial charge on any atom is -0.508 e. The number of aromatic hydroxyl groups is 1. The molecule has 0 saturated carbocycles. The number of methoxy groups -OCH3 is 1. The maximum atomic E-state index is 12.3. The molecular weight excluding hydrogens is 447 g/mol. The lowest BCUT2D eigenvalue weighted by Gasteiger charge is -2.12. The minimum absolute atomic E-state index is 0.0542. The highest BCUT2D eigenvalue weighted by atomic mass is 127. The van der Waals surface area contributed by atoms with Gasteiger partial charge in [0.15, 0.2) is 11.5 Å². The van der Waals surface area contributed by atoms with Crippen LogP contribution in [0.4, 0.5) is 5.69 Å². The van der Waals surface area contributed by atoms with Crippen LogP contribution in [0.1, 0.15) is 12.5 Å². The number of hydrogen-bond donors (Lipinski definition) is 2. The Kier molecular flexibility index (Phi) is 6.86. The van der Waals surface area contributed by atoms with Crippen LogP contribution in [0.2, 0.25) is 0 Å². The van der Waals surface area contributed by atoms with Crippen LogP contribution >= 0.6 is 22.6 Å². The lowest BCUT2D eigenvalue weighted by atomic mass is 10.1. The van der Waals surface area contributed by atoms with Gasteiger partial charge in [-0.05, 0) is 77.6 Å². The first-order valence-electron chi connectivity index (χ1n) is 7.71. The first-order chi connectivity index (χ1) is 12.5. The number of carbonyl (C=O) groups excluding carboxylic acids is 1. The zero-order chi connectivity index (χ0) is 19.1. The number of hydrogen-bond acceptors (Lipinski definition) is 5. The van der Waals surface area contributed by atoms with Gasteiger partial charge in [0, 0.05) is 5.69 Å². The molecule has 2 aromatic carbocycles. The highest BCUT2D eigenvalue weighted by molar-refractivity contribution is 14.1. The van der Waals surface area contributed by atoms with Crippen molar-refractivity contribution in [3.63, 3.8) is 0 Å². The summed E-state index contributed by atoms with van der Waals surface area (Å²) in [6, 6.07) is 11.4. The van der Waals surface area contributed by atoms with E-state index in [4.69, 9.17) is 9.47 Å². The molecule has 0 saturated heterocycles. The lowest BCUT2D eigenvalue weighted by Crippen LogP contribution is -2.13. The number of ether oxygens (including phenoxy) is 2. The number of nitriles is 1. The molecule has 0 atom stereocenters. The molecule has 6 nitrogen and oxygen atoms in total. The van der Waals surface area contributed by atoms with Crippen molar-refractivity contribution in [2.45, 2.75) is 6.92 Å². The van der Waals surface area contributed by atoms with Gasteiger partial charge >= 0.3 is 0 Å². The summed E-state index contributed by atoms with van der Waals surface area (Å²) in [5, 5.41) is 21.2. The fourth-order valence-electron chi connectivity index (χ4n) is 2.19. The predicted molar refractivity (Wildman–Crippen MR) is 107 cm³/mol. The third-order valence-electron chi connectivity index (χ3n) is 3.34. The second-order valence-corrected chi connectivity index (χ2v) is 6.30. The third kappa shape index (κ3) is 4.89. The molecule has 2 aromatic rings. The molecule has 0 aromatic heterocycles. The van der Waals surface area contributed by atoms with Crippen molar-refractivity contribution in [1.82, 2.24) is 0 Å². The normalized spacial score (nSPS) is 10.8. The van der Waals surface area contributed by atoms with Crippen molar-refractivity contribution in [1.29, 1.82) is 5.26 Å². The number of nitrogens with zero attached hydrogens (tertiary/aromatic N) is 1. The van der Waals surface area contributed by atoms with Gasteiger partial charge in [-0.3, -0.25) is 4.79 Å². The first kappa shape index (κ1) is 19.6. The molecule has 0 aliphatic carbocycles. The van der Waals surface area contributed by atoms with Gasteiger partial charge in [-0.2, -0.15) is 5.26 Å². The van der Waals surface area contributed by atoms with Crippen molar-refractivity contribution >= 4 is 40.3 Å². The van der Waals surface area contributed by atoms with E-state index in [1.807, 2.05) is 13.0 Å². The molecule has 0 spiro atoms. The average Bonchev–Trinajstić information content (AvgIpc) is 2.61. The minimum atomic E-state index is -0.540. The second-order valence-electron chi connectivity index (χ2n) is 5.14.